The Balaban J connectivity index is 1.07. The van der Waals surface area contributed by atoms with Crippen LogP contribution in [0.1, 0.15) is 76.7 Å². The minimum Gasteiger partial charge on any atom is -0.465 e. The van der Waals surface area contributed by atoms with Crippen LogP contribution < -0.4 is 4.74 Å². The molecule has 11 atom stereocenters. The first-order valence-corrected chi connectivity index (χ1v) is 13.7. The molecule has 2 nitrogen and oxygen atoms in total. The summed E-state index contributed by atoms with van der Waals surface area (Å²) in [5.74, 6) is 9.73. The van der Waals surface area contributed by atoms with Crippen molar-refractivity contribution in [3.8, 4) is 5.75 Å². The number of rotatable bonds is 7. The molecule has 0 N–H and O–H groups in total. The monoisotopic (exact) mass is 420 g/mol. The fourth-order valence-corrected chi connectivity index (χ4v) is 9.86. The molecule has 6 saturated carbocycles. The predicted molar refractivity (Wildman–Crippen MR) is 123 cm³/mol. The van der Waals surface area contributed by atoms with Crippen molar-refractivity contribution in [1.29, 1.82) is 0 Å². The highest BCUT2D eigenvalue weighted by Crippen LogP contribution is 2.68. The molecule has 0 amide bonds. The normalized spacial score (nSPS) is 47.3. The van der Waals surface area contributed by atoms with Crippen molar-refractivity contribution < 1.29 is 9.47 Å². The van der Waals surface area contributed by atoms with Crippen molar-refractivity contribution >= 4 is 0 Å². The number of fused-ring (bicyclic) bond motifs is 11. The van der Waals surface area contributed by atoms with Crippen molar-refractivity contribution in [3.05, 3.63) is 29.8 Å². The van der Waals surface area contributed by atoms with E-state index < -0.39 is 0 Å². The molecular formula is C29H40O2. The summed E-state index contributed by atoms with van der Waals surface area (Å²) < 4.78 is 13.6. The summed E-state index contributed by atoms with van der Waals surface area (Å²) in [6.07, 6.45) is 15.8. The molecule has 0 aliphatic heterocycles. The van der Waals surface area contributed by atoms with Crippen LogP contribution in [0, 0.1) is 53.3 Å². The molecule has 1 aromatic rings. The van der Waals surface area contributed by atoms with Crippen molar-refractivity contribution in [2.24, 2.45) is 53.3 Å². The summed E-state index contributed by atoms with van der Waals surface area (Å²) in [5, 5.41) is 0. The Bertz CT molecular complexity index is 801. The molecule has 0 spiro atoms. The molecule has 0 radical (unpaired) electrons. The van der Waals surface area contributed by atoms with Crippen molar-refractivity contribution in [3.63, 3.8) is 0 Å². The van der Waals surface area contributed by atoms with Gasteiger partial charge in [-0.15, -0.1) is 0 Å². The molecule has 6 aliphatic rings. The maximum atomic E-state index is 6.97. The van der Waals surface area contributed by atoms with Crippen LogP contribution in [0.15, 0.2) is 24.3 Å². The molecule has 6 bridgehead atoms. The summed E-state index contributed by atoms with van der Waals surface area (Å²) >= 11 is 0. The zero-order valence-electron chi connectivity index (χ0n) is 19.3. The molecule has 11 unspecified atom stereocenters. The first kappa shape index (κ1) is 19.4. The van der Waals surface area contributed by atoms with Gasteiger partial charge in [0.05, 0.1) is 6.10 Å². The molecule has 6 fully saturated rings. The van der Waals surface area contributed by atoms with E-state index in [4.69, 9.17) is 9.47 Å². The average Bonchev–Trinajstić information content (AvgIpc) is 3.61. The first-order valence-electron chi connectivity index (χ1n) is 13.7. The highest BCUT2D eigenvalue weighted by Gasteiger charge is 2.62. The topological polar surface area (TPSA) is 18.5 Å². The quantitative estimate of drug-likeness (QED) is 0.354. The zero-order valence-corrected chi connectivity index (χ0v) is 19.3. The van der Waals surface area contributed by atoms with E-state index in [1.807, 2.05) is 0 Å². The largest absolute Gasteiger partial charge is 0.465 e. The summed E-state index contributed by atoms with van der Waals surface area (Å²) in [7, 11) is 0. The van der Waals surface area contributed by atoms with Crippen molar-refractivity contribution in [2.75, 3.05) is 0 Å². The standard InChI is InChI=1S/C29H40O2/c1-2-17-4-9-24(10-5-17)30-27(16-22-12-18-3-6-19(22)11-18)31-26-15-23-14-25(26)29-21-8-7-20(13-21)28(23)29/h4-5,9-10,18-23,25-29H,2-3,6-8,11-16H2,1H3. The second-order valence-corrected chi connectivity index (χ2v) is 12.3. The third kappa shape index (κ3) is 3.22. The van der Waals surface area contributed by atoms with Gasteiger partial charge < -0.3 is 9.47 Å². The van der Waals surface area contributed by atoms with Gasteiger partial charge in [-0.25, -0.2) is 0 Å². The van der Waals surface area contributed by atoms with E-state index in [0.717, 1.165) is 71.9 Å². The summed E-state index contributed by atoms with van der Waals surface area (Å²) in [5.41, 5.74) is 1.38. The highest BCUT2D eigenvalue weighted by molar-refractivity contribution is 5.27. The fraction of sp³-hybridized carbons (Fsp3) is 0.793. The van der Waals surface area contributed by atoms with E-state index in [1.54, 1.807) is 6.42 Å². The van der Waals surface area contributed by atoms with Gasteiger partial charge in [-0.2, -0.15) is 0 Å². The molecule has 7 rings (SSSR count). The Morgan fingerprint density at radius 1 is 0.806 bits per heavy atom. The smallest absolute Gasteiger partial charge is 0.200 e. The van der Waals surface area contributed by atoms with Crippen LogP contribution in [0.2, 0.25) is 0 Å². The Labute approximate surface area is 188 Å². The molecular weight excluding hydrogens is 380 g/mol. The van der Waals surface area contributed by atoms with Crippen LogP contribution in [-0.4, -0.2) is 12.4 Å². The third-order valence-electron chi connectivity index (χ3n) is 11.0. The Kier molecular flexibility index (Phi) is 4.71. The molecule has 31 heavy (non-hydrogen) atoms. The maximum absolute atomic E-state index is 6.97. The number of hydrogen-bond donors (Lipinski definition) is 0. The Morgan fingerprint density at radius 3 is 2.35 bits per heavy atom. The summed E-state index contributed by atoms with van der Waals surface area (Å²) in [4.78, 5) is 0. The molecule has 0 aromatic heterocycles. The average molecular weight is 421 g/mol. The molecule has 0 heterocycles. The van der Waals surface area contributed by atoms with Gasteiger partial charge in [0.25, 0.3) is 0 Å². The SMILES string of the molecule is CCc1ccc(OC(CC2CC3CCC2C3)OC2CC3CC2C2C4CCC(C4)C32)cc1. The summed E-state index contributed by atoms with van der Waals surface area (Å²) in [6, 6.07) is 8.79. The lowest BCUT2D eigenvalue weighted by Gasteiger charge is -2.40. The number of ether oxygens (including phenoxy) is 2. The molecule has 2 heteroatoms. The summed E-state index contributed by atoms with van der Waals surface area (Å²) in [6.45, 7) is 2.22. The first-order chi connectivity index (χ1) is 15.2. The van der Waals surface area contributed by atoms with Crippen molar-refractivity contribution in [2.45, 2.75) is 89.9 Å². The van der Waals surface area contributed by atoms with Gasteiger partial charge in [0.2, 0.25) is 0 Å². The van der Waals surface area contributed by atoms with Gasteiger partial charge in [-0.05, 0) is 129 Å². The lowest BCUT2D eigenvalue weighted by molar-refractivity contribution is -0.157. The molecule has 168 valence electrons. The van der Waals surface area contributed by atoms with Gasteiger partial charge in [-0.1, -0.05) is 25.5 Å². The van der Waals surface area contributed by atoms with Crippen LogP contribution >= 0.6 is 0 Å². The van der Waals surface area contributed by atoms with Crippen LogP contribution in [-0.2, 0) is 11.2 Å². The second kappa shape index (κ2) is 7.51. The van der Waals surface area contributed by atoms with E-state index in [9.17, 15) is 0 Å². The van der Waals surface area contributed by atoms with Crippen molar-refractivity contribution in [1.82, 2.24) is 0 Å². The second-order valence-electron chi connectivity index (χ2n) is 12.3. The number of benzene rings is 1. The van der Waals surface area contributed by atoms with Crippen LogP contribution in [0.3, 0.4) is 0 Å². The van der Waals surface area contributed by atoms with Gasteiger partial charge in [0.1, 0.15) is 5.75 Å². The van der Waals surface area contributed by atoms with Gasteiger partial charge >= 0.3 is 0 Å². The Hall–Kier alpha value is -1.02. The lowest BCUT2D eigenvalue weighted by atomic mass is 9.70. The zero-order chi connectivity index (χ0) is 20.5. The van der Waals surface area contributed by atoms with E-state index >= 15 is 0 Å². The minimum atomic E-state index is -0.0433. The molecule has 1 aromatic carbocycles. The maximum Gasteiger partial charge on any atom is 0.200 e. The van der Waals surface area contributed by atoms with E-state index in [-0.39, 0.29) is 6.29 Å². The molecule has 6 aliphatic carbocycles. The van der Waals surface area contributed by atoms with E-state index in [0.29, 0.717) is 6.10 Å². The van der Waals surface area contributed by atoms with Crippen LogP contribution in [0.5, 0.6) is 5.75 Å². The number of aryl methyl sites for hydroxylation is 1. The fourth-order valence-electron chi connectivity index (χ4n) is 9.86. The lowest BCUT2D eigenvalue weighted by Crippen LogP contribution is -2.40. The molecule has 0 saturated heterocycles. The van der Waals surface area contributed by atoms with E-state index in [2.05, 4.69) is 31.2 Å². The number of hydrogen-bond acceptors (Lipinski definition) is 2. The van der Waals surface area contributed by atoms with Gasteiger partial charge in [0.15, 0.2) is 6.29 Å². The predicted octanol–water partition coefficient (Wildman–Crippen LogP) is 6.87. The van der Waals surface area contributed by atoms with Crippen LogP contribution in [0.25, 0.3) is 0 Å². The van der Waals surface area contributed by atoms with Crippen LogP contribution in [0.4, 0.5) is 0 Å². The van der Waals surface area contributed by atoms with Gasteiger partial charge in [-0.3, -0.25) is 0 Å². The van der Waals surface area contributed by atoms with Gasteiger partial charge in [0, 0.05) is 6.42 Å². The minimum absolute atomic E-state index is 0.0433. The highest BCUT2D eigenvalue weighted by atomic mass is 16.7. The third-order valence-corrected chi connectivity index (χ3v) is 11.0. The Morgan fingerprint density at radius 2 is 1.61 bits per heavy atom. The van der Waals surface area contributed by atoms with E-state index in [1.165, 1.54) is 56.9 Å².